The van der Waals surface area contributed by atoms with Crippen molar-refractivity contribution >= 4 is 11.9 Å². The van der Waals surface area contributed by atoms with E-state index in [-0.39, 0.29) is 5.88 Å². The van der Waals surface area contributed by atoms with E-state index in [0.717, 1.165) is 0 Å². The summed E-state index contributed by atoms with van der Waals surface area (Å²) >= 11 is 0. The van der Waals surface area contributed by atoms with Gasteiger partial charge in [0.2, 0.25) is 5.88 Å². The topological polar surface area (TPSA) is 47.4 Å². The lowest BCUT2D eigenvalue weighted by Gasteiger charge is -2.04. The Morgan fingerprint density at radius 2 is 2.15 bits per heavy atom. The van der Waals surface area contributed by atoms with Gasteiger partial charge in [0.15, 0.2) is 0 Å². The number of hydrogen-bond donors (Lipinski definition) is 0. The second kappa shape index (κ2) is 3.93. The molecule has 70 valence electrons. The van der Waals surface area contributed by atoms with Crippen molar-refractivity contribution in [2.45, 2.75) is 13.8 Å². The van der Waals surface area contributed by atoms with E-state index >= 15 is 0 Å². The zero-order valence-electron chi connectivity index (χ0n) is 7.71. The molecule has 4 nitrogen and oxygen atoms in total. The molecule has 0 amide bonds. The molecular formula is C8H10FN3O. The van der Waals surface area contributed by atoms with Gasteiger partial charge in [-0.15, -0.1) is 0 Å². The van der Waals surface area contributed by atoms with E-state index in [1.54, 1.807) is 20.1 Å². The third-order valence-corrected chi connectivity index (χ3v) is 1.45. The van der Waals surface area contributed by atoms with Crippen LogP contribution < -0.4 is 4.74 Å². The predicted molar refractivity (Wildman–Crippen MR) is 47.1 cm³/mol. The third-order valence-electron chi connectivity index (χ3n) is 1.45. The first-order valence-electron chi connectivity index (χ1n) is 3.75. The van der Waals surface area contributed by atoms with Crippen LogP contribution in [0.5, 0.6) is 5.88 Å². The number of ether oxygens (including phenoxy) is 1. The minimum absolute atomic E-state index is 0.156. The van der Waals surface area contributed by atoms with Gasteiger partial charge in [-0.25, -0.2) is 4.98 Å². The first-order valence-corrected chi connectivity index (χ1v) is 3.75. The van der Waals surface area contributed by atoms with Crippen molar-refractivity contribution in [1.82, 2.24) is 9.97 Å². The lowest BCUT2D eigenvalue weighted by Crippen LogP contribution is -1.97. The largest absolute Gasteiger partial charge is 0.479 e. The molecule has 0 saturated carbocycles. The summed E-state index contributed by atoms with van der Waals surface area (Å²) in [5.74, 6) is 0.156. The summed E-state index contributed by atoms with van der Waals surface area (Å²) in [5, 5.41) is 0. The van der Waals surface area contributed by atoms with Crippen LogP contribution in [0.3, 0.4) is 0 Å². The lowest BCUT2D eigenvalue weighted by molar-refractivity contribution is 0.382. The molecule has 0 aliphatic heterocycles. The first-order chi connectivity index (χ1) is 6.19. The van der Waals surface area contributed by atoms with E-state index in [2.05, 4.69) is 15.0 Å². The maximum atomic E-state index is 12.7. The quantitative estimate of drug-likeness (QED) is 0.517. The fourth-order valence-electron chi connectivity index (χ4n) is 0.928. The van der Waals surface area contributed by atoms with Gasteiger partial charge in [-0.3, -0.25) is 4.99 Å². The van der Waals surface area contributed by atoms with E-state index in [1.165, 1.54) is 7.11 Å². The SMILES string of the molecule is C/C=N\c1c(C)nc(F)nc1OC. The summed E-state index contributed by atoms with van der Waals surface area (Å²) in [5.41, 5.74) is 0.925. The van der Waals surface area contributed by atoms with Gasteiger partial charge in [0.25, 0.3) is 0 Å². The van der Waals surface area contributed by atoms with E-state index in [1.807, 2.05) is 0 Å². The molecule has 13 heavy (non-hydrogen) atoms. The second-order valence-corrected chi connectivity index (χ2v) is 2.32. The van der Waals surface area contributed by atoms with Gasteiger partial charge in [0, 0.05) is 6.21 Å². The average molecular weight is 183 g/mol. The molecule has 0 aliphatic rings. The number of halogens is 1. The van der Waals surface area contributed by atoms with Crippen LogP contribution in [0.1, 0.15) is 12.6 Å². The molecule has 0 spiro atoms. The van der Waals surface area contributed by atoms with E-state index < -0.39 is 6.08 Å². The maximum absolute atomic E-state index is 12.7. The number of rotatable bonds is 2. The molecule has 1 heterocycles. The van der Waals surface area contributed by atoms with Gasteiger partial charge >= 0.3 is 6.08 Å². The number of nitrogens with zero attached hydrogens (tertiary/aromatic N) is 3. The maximum Gasteiger partial charge on any atom is 0.312 e. The molecule has 0 saturated heterocycles. The Balaban J connectivity index is 3.29. The molecule has 1 rings (SSSR count). The van der Waals surface area contributed by atoms with E-state index in [0.29, 0.717) is 11.4 Å². The van der Waals surface area contributed by atoms with Gasteiger partial charge < -0.3 is 4.74 Å². The van der Waals surface area contributed by atoms with Gasteiger partial charge in [-0.05, 0) is 13.8 Å². The number of methoxy groups -OCH3 is 1. The molecule has 0 atom stereocenters. The van der Waals surface area contributed by atoms with Crippen molar-refractivity contribution in [2.24, 2.45) is 4.99 Å². The highest BCUT2D eigenvalue weighted by atomic mass is 19.1. The van der Waals surface area contributed by atoms with E-state index in [9.17, 15) is 4.39 Å². The highest BCUT2D eigenvalue weighted by Crippen LogP contribution is 2.26. The highest BCUT2D eigenvalue weighted by molar-refractivity contribution is 5.64. The Labute approximate surface area is 75.5 Å². The summed E-state index contributed by atoms with van der Waals surface area (Å²) in [6.45, 7) is 3.40. The zero-order chi connectivity index (χ0) is 9.84. The Morgan fingerprint density at radius 1 is 1.46 bits per heavy atom. The number of aryl methyl sites for hydroxylation is 1. The molecule has 0 aromatic carbocycles. The van der Waals surface area contributed by atoms with Gasteiger partial charge in [0.05, 0.1) is 12.8 Å². The molecule has 0 N–H and O–H groups in total. The molecule has 1 aromatic rings. The van der Waals surface area contributed by atoms with Crippen LogP contribution in [0, 0.1) is 13.0 Å². The van der Waals surface area contributed by atoms with Crippen LogP contribution in [-0.2, 0) is 0 Å². The molecule has 0 aliphatic carbocycles. The fourth-order valence-corrected chi connectivity index (χ4v) is 0.928. The van der Waals surface area contributed by atoms with Gasteiger partial charge in [-0.1, -0.05) is 0 Å². The zero-order valence-corrected chi connectivity index (χ0v) is 7.71. The highest BCUT2D eigenvalue weighted by Gasteiger charge is 2.10. The van der Waals surface area contributed by atoms with Crippen molar-refractivity contribution in [3.05, 3.63) is 11.8 Å². The second-order valence-electron chi connectivity index (χ2n) is 2.32. The van der Waals surface area contributed by atoms with Crippen molar-refractivity contribution < 1.29 is 9.13 Å². The average Bonchev–Trinajstić information content (AvgIpc) is 2.09. The Kier molecular flexibility index (Phi) is 2.89. The van der Waals surface area contributed by atoms with Crippen molar-refractivity contribution in [1.29, 1.82) is 0 Å². The molecule has 0 radical (unpaired) electrons. The molecule has 0 unspecified atom stereocenters. The normalized spacial score (nSPS) is 10.8. The summed E-state index contributed by atoms with van der Waals surface area (Å²) in [4.78, 5) is 11.0. The van der Waals surface area contributed by atoms with Crippen LogP contribution in [0.2, 0.25) is 0 Å². The summed E-state index contributed by atoms with van der Waals surface area (Å²) < 4.78 is 17.5. The Morgan fingerprint density at radius 3 is 2.69 bits per heavy atom. The van der Waals surface area contributed by atoms with Crippen LogP contribution in [0.25, 0.3) is 0 Å². The minimum atomic E-state index is -0.801. The molecule has 1 aromatic heterocycles. The van der Waals surface area contributed by atoms with Crippen LogP contribution in [0.4, 0.5) is 10.1 Å². The molecule has 5 heteroatoms. The Hall–Kier alpha value is -1.52. The van der Waals surface area contributed by atoms with Crippen LogP contribution >= 0.6 is 0 Å². The molecule has 0 bridgehead atoms. The molecule has 0 fully saturated rings. The van der Waals surface area contributed by atoms with Gasteiger partial charge in [-0.2, -0.15) is 9.37 Å². The third kappa shape index (κ3) is 1.99. The number of aliphatic imine (C=N–C) groups is 1. The predicted octanol–water partition coefficient (Wildman–Crippen LogP) is 1.65. The van der Waals surface area contributed by atoms with Gasteiger partial charge in [0.1, 0.15) is 5.69 Å². The fraction of sp³-hybridized carbons (Fsp3) is 0.375. The monoisotopic (exact) mass is 183 g/mol. The Bertz CT molecular complexity index is 338. The van der Waals surface area contributed by atoms with Crippen molar-refractivity contribution in [3.63, 3.8) is 0 Å². The van der Waals surface area contributed by atoms with E-state index in [4.69, 9.17) is 4.74 Å². The standard InChI is InChI=1S/C8H10FN3O/c1-4-10-6-5(2)11-8(9)12-7(6)13-3/h4H,1-3H3/b10-4-. The summed E-state index contributed by atoms with van der Waals surface area (Å²) in [7, 11) is 1.41. The number of aromatic nitrogens is 2. The minimum Gasteiger partial charge on any atom is -0.479 e. The lowest BCUT2D eigenvalue weighted by atomic mass is 10.3. The summed E-state index contributed by atoms with van der Waals surface area (Å²) in [6, 6.07) is 0. The van der Waals surface area contributed by atoms with Crippen molar-refractivity contribution in [2.75, 3.05) is 7.11 Å². The van der Waals surface area contributed by atoms with Crippen LogP contribution in [-0.4, -0.2) is 23.3 Å². The van der Waals surface area contributed by atoms with Crippen molar-refractivity contribution in [3.8, 4) is 5.88 Å². The summed E-state index contributed by atoms with van der Waals surface area (Å²) in [6.07, 6.45) is 0.774. The first kappa shape index (κ1) is 9.57. The number of hydrogen-bond acceptors (Lipinski definition) is 4. The smallest absolute Gasteiger partial charge is 0.312 e. The van der Waals surface area contributed by atoms with Crippen LogP contribution in [0.15, 0.2) is 4.99 Å². The molecular weight excluding hydrogens is 173 g/mol.